The van der Waals surface area contributed by atoms with Crippen LogP contribution in [0, 0.1) is 0 Å². The highest BCUT2D eigenvalue weighted by atomic mass is 31.2. The Labute approximate surface area is 73.0 Å². The van der Waals surface area contributed by atoms with Gasteiger partial charge in [-0.25, -0.2) is 4.57 Å². The van der Waals surface area contributed by atoms with Crippen molar-refractivity contribution in [3.8, 4) is 0 Å². The quantitative estimate of drug-likeness (QED) is 0.497. The van der Waals surface area contributed by atoms with Crippen LogP contribution < -0.4 is 5.48 Å². The molecule has 12 heavy (non-hydrogen) atoms. The summed E-state index contributed by atoms with van der Waals surface area (Å²) in [6, 6.07) is 0. The molecule has 0 aromatic carbocycles. The maximum atomic E-state index is 11.4. The monoisotopic (exact) mass is 197 g/mol. The lowest BCUT2D eigenvalue weighted by molar-refractivity contribution is 0.0792. The Morgan fingerprint density at radius 1 is 1.17 bits per heavy atom. The van der Waals surface area contributed by atoms with Crippen molar-refractivity contribution >= 4 is 7.82 Å². The number of phosphoric acid groups is 1. The summed E-state index contributed by atoms with van der Waals surface area (Å²) >= 11 is 0. The Bertz CT molecular complexity index is 142. The van der Waals surface area contributed by atoms with Gasteiger partial charge in [0.15, 0.2) is 0 Å². The zero-order valence-electron chi connectivity index (χ0n) is 7.70. The van der Waals surface area contributed by atoms with Gasteiger partial charge in [0.1, 0.15) is 0 Å². The molecule has 0 aliphatic carbocycles. The van der Waals surface area contributed by atoms with Gasteiger partial charge < -0.3 is 0 Å². The first-order valence-electron chi connectivity index (χ1n) is 3.99. The molecule has 0 aromatic heterocycles. The molecule has 0 fully saturated rings. The summed E-state index contributed by atoms with van der Waals surface area (Å²) in [4.78, 5) is 0. The predicted molar refractivity (Wildman–Crippen MR) is 45.6 cm³/mol. The Balaban J connectivity index is 3.90. The van der Waals surface area contributed by atoms with Crippen molar-refractivity contribution in [3.63, 3.8) is 0 Å². The molecule has 0 aromatic rings. The second-order valence-corrected chi connectivity index (χ2v) is 3.47. The first-order chi connectivity index (χ1) is 5.68. The summed E-state index contributed by atoms with van der Waals surface area (Å²) < 4.78 is 25.8. The fourth-order valence-corrected chi connectivity index (χ4v) is 1.65. The molecule has 0 heterocycles. The van der Waals surface area contributed by atoms with Crippen LogP contribution in [0.5, 0.6) is 0 Å². The lowest BCUT2D eigenvalue weighted by atomic mass is 10.8. The molecule has 0 aliphatic heterocycles. The van der Waals surface area contributed by atoms with Gasteiger partial charge in [-0.05, 0) is 13.8 Å². The van der Waals surface area contributed by atoms with Crippen LogP contribution >= 0.6 is 7.82 Å². The van der Waals surface area contributed by atoms with Crippen LogP contribution in [0.2, 0.25) is 0 Å². The lowest BCUT2D eigenvalue weighted by Gasteiger charge is -2.15. The van der Waals surface area contributed by atoms with Gasteiger partial charge in [-0.2, -0.15) is 10.1 Å². The van der Waals surface area contributed by atoms with Crippen molar-refractivity contribution < 1.29 is 18.2 Å². The first-order valence-corrected chi connectivity index (χ1v) is 5.45. The van der Waals surface area contributed by atoms with Gasteiger partial charge in [-0.3, -0.25) is 9.05 Å². The van der Waals surface area contributed by atoms with E-state index in [0.29, 0.717) is 19.8 Å². The van der Waals surface area contributed by atoms with Gasteiger partial charge in [-0.15, -0.1) is 0 Å². The molecule has 0 saturated carbocycles. The van der Waals surface area contributed by atoms with Crippen molar-refractivity contribution in [2.45, 2.75) is 20.8 Å². The van der Waals surface area contributed by atoms with Crippen molar-refractivity contribution in [2.75, 3.05) is 19.8 Å². The normalized spacial score (nSPS) is 11.9. The van der Waals surface area contributed by atoms with Gasteiger partial charge in [0.05, 0.1) is 13.2 Å². The minimum Gasteiger partial charge on any atom is -0.286 e. The van der Waals surface area contributed by atoms with E-state index in [4.69, 9.17) is 13.7 Å². The van der Waals surface area contributed by atoms with Crippen molar-refractivity contribution in [3.05, 3.63) is 0 Å². The average Bonchev–Trinajstić information content (AvgIpc) is 2.02. The van der Waals surface area contributed by atoms with E-state index < -0.39 is 7.82 Å². The third-order valence-electron chi connectivity index (χ3n) is 0.895. The molecule has 0 aliphatic rings. The van der Waals surface area contributed by atoms with Crippen LogP contribution in [-0.2, 0) is 18.2 Å². The molecule has 74 valence electrons. The molecule has 6 heteroatoms. The molecule has 0 rings (SSSR count). The van der Waals surface area contributed by atoms with E-state index >= 15 is 0 Å². The summed E-state index contributed by atoms with van der Waals surface area (Å²) in [6.07, 6.45) is 0. The van der Waals surface area contributed by atoms with E-state index in [-0.39, 0.29) is 0 Å². The fraction of sp³-hybridized carbons (Fsp3) is 1.00. The standard InChI is InChI=1S/C6H16NO4P/c1-4-7-11-12(8,9-5-2)10-6-3/h7H,4-6H2,1-3H3. The predicted octanol–water partition coefficient (Wildman–Crippen LogP) is 1.71. The Hall–Kier alpha value is 0.0700. The third kappa shape index (κ3) is 4.85. The maximum Gasteiger partial charge on any atom is 0.491 e. The van der Waals surface area contributed by atoms with E-state index in [1.165, 1.54) is 0 Å². The van der Waals surface area contributed by atoms with Crippen molar-refractivity contribution in [1.82, 2.24) is 5.48 Å². The molecule has 0 radical (unpaired) electrons. The van der Waals surface area contributed by atoms with Crippen molar-refractivity contribution in [2.24, 2.45) is 0 Å². The van der Waals surface area contributed by atoms with Gasteiger partial charge in [0.2, 0.25) is 0 Å². The zero-order chi connectivity index (χ0) is 9.45. The highest BCUT2D eigenvalue weighted by molar-refractivity contribution is 7.48. The minimum atomic E-state index is -3.35. The van der Waals surface area contributed by atoms with E-state index in [1.54, 1.807) is 13.8 Å². The molecule has 0 amide bonds. The van der Waals surface area contributed by atoms with Gasteiger partial charge >= 0.3 is 7.82 Å². The fourth-order valence-electron chi connectivity index (χ4n) is 0.550. The average molecular weight is 197 g/mol. The summed E-state index contributed by atoms with van der Waals surface area (Å²) in [7, 11) is -3.35. The SMILES string of the molecule is CCNOP(=O)(OCC)OCC. The van der Waals surface area contributed by atoms with E-state index in [2.05, 4.69) is 5.48 Å². The van der Waals surface area contributed by atoms with Gasteiger partial charge in [0.25, 0.3) is 0 Å². The molecule has 0 spiro atoms. The maximum absolute atomic E-state index is 11.4. The van der Waals surface area contributed by atoms with Gasteiger partial charge in [0, 0.05) is 6.54 Å². The number of nitrogens with one attached hydrogen (secondary N) is 1. The van der Waals surface area contributed by atoms with E-state index in [0.717, 1.165) is 0 Å². The topological polar surface area (TPSA) is 56.8 Å². The molecule has 5 nitrogen and oxygen atoms in total. The summed E-state index contributed by atoms with van der Waals surface area (Å²) in [5.41, 5.74) is 2.45. The second-order valence-electron chi connectivity index (χ2n) is 1.87. The van der Waals surface area contributed by atoms with Crippen LogP contribution in [0.1, 0.15) is 20.8 Å². The van der Waals surface area contributed by atoms with Crippen LogP contribution in [0.15, 0.2) is 0 Å². The number of hydrogen-bond acceptors (Lipinski definition) is 5. The Morgan fingerprint density at radius 3 is 2.00 bits per heavy atom. The zero-order valence-corrected chi connectivity index (χ0v) is 8.60. The third-order valence-corrected chi connectivity index (χ3v) is 2.40. The highest BCUT2D eigenvalue weighted by Crippen LogP contribution is 2.47. The molecule has 1 N–H and O–H groups in total. The first kappa shape index (κ1) is 12.1. The van der Waals surface area contributed by atoms with Crippen LogP contribution in [0.4, 0.5) is 0 Å². The Kier molecular flexibility index (Phi) is 6.61. The van der Waals surface area contributed by atoms with E-state index in [1.807, 2.05) is 6.92 Å². The number of phosphoric ester groups is 1. The molecule has 0 bridgehead atoms. The van der Waals surface area contributed by atoms with Crippen LogP contribution in [-0.4, -0.2) is 19.8 Å². The van der Waals surface area contributed by atoms with Crippen LogP contribution in [0.3, 0.4) is 0 Å². The summed E-state index contributed by atoms with van der Waals surface area (Å²) in [6.45, 7) is 6.40. The largest absolute Gasteiger partial charge is 0.491 e. The molecular formula is C6H16NO4P. The molecule has 0 atom stereocenters. The second kappa shape index (κ2) is 6.57. The highest BCUT2D eigenvalue weighted by Gasteiger charge is 2.25. The van der Waals surface area contributed by atoms with E-state index in [9.17, 15) is 4.57 Å². The summed E-state index contributed by atoms with van der Waals surface area (Å²) in [5.74, 6) is 0. The smallest absolute Gasteiger partial charge is 0.286 e. The van der Waals surface area contributed by atoms with Gasteiger partial charge in [-0.1, -0.05) is 6.92 Å². The molecule has 0 unspecified atom stereocenters. The van der Waals surface area contributed by atoms with Crippen molar-refractivity contribution in [1.29, 1.82) is 0 Å². The number of hydroxylamine groups is 1. The molecule has 0 saturated heterocycles. The van der Waals surface area contributed by atoms with Crippen LogP contribution in [0.25, 0.3) is 0 Å². The Morgan fingerprint density at radius 2 is 1.67 bits per heavy atom. The number of rotatable bonds is 7. The summed E-state index contributed by atoms with van der Waals surface area (Å²) in [5, 5.41) is 0. The minimum absolute atomic E-state index is 0.294. The molecular weight excluding hydrogens is 181 g/mol. The number of hydrogen-bond donors (Lipinski definition) is 1. The lowest BCUT2D eigenvalue weighted by Crippen LogP contribution is -2.14.